The lowest BCUT2D eigenvalue weighted by atomic mass is 10.2. The molecule has 2 rings (SSSR count). The molecule has 4 nitrogen and oxygen atoms in total. The Morgan fingerprint density at radius 2 is 2.50 bits per heavy atom. The number of nitrogens with zero attached hydrogens (tertiary/aromatic N) is 2. The zero-order valence-electron chi connectivity index (χ0n) is 8.90. The zero-order chi connectivity index (χ0) is 11.4. The maximum absolute atomic E-state index is 12.4. The number of rotatable bonds is 5. The van der Waals surface area contributed by atoms with E-state index in [1.807, 2.05) is 0 Å². The van der Waals surface area contributed by atoms with E-state index in [1.165, 1.54) is 6.20 Å². The molecule has 1 aliphatic rings. The summed E-state index contributed by atoms with van der Waals surface area (Å²) >= 11 is 0. The van der Waals surface area contributed by atoms with Crippen molar-refractivity contribution in [3.05, 3.63) is 18.0 Å². The van der Waals surface area contributed by atoms with Crippen LogP contribution in [0.2, 0.25) is 0 Å². The van der Waals surface area contributed by atoms with Gasteiger partial charge in [0.2, 0.25) is 0 Å². The predicted octanol–water partition coefficient (Wildman–Crippen LogP) is 1.55. The molecule has 1 aromatic heterocycles. The van der Waals surface area contributed by atoms with Crippen LogP contribution >= 0.6 is 0 Å². The lowest BCUT2D eigenvalue weighted by molar-refractivity contribution is 0.0527. The molecule has 1 atom stereocenters. The fourth-order valence-electron chi connectivity index (χ4n) is 1.82. The first-order valence-corrected chi connectivity index (χ1v) is 5.40. The summed E-state index contributed by atoms with van der Waals surface area (Å²) in [5.41, 5.74) is 0.494. The predicted molar refractivity (Wildman–Crippen MR) is 54.2 cm³/mol. The Hall–Kier alpha value is -1.01. The minimum atomic E-state index is -2.57. The highest BCUT2D eigenvalue weighted by Crippen LogP contribution is 2.13. The molecule has 0 unspecified atom stereocenters. The van der Waals surface area contributed by atoms with Gasteiger partial charge in [-0.1, -0.05) is 0 Å². The van der Waals surface area contributed by atoms with Gasteiger partial charge in [-0.15, -0.1) is 0 Å². The number of hydrogen-bond acceptors (Lipinski definition) is 3. The van der Waals surface area contributed by atoms with E-state index in [9.17, 15) is 8.78 Å². The monoisotopic (exact) mass is 231 g/mol. The summed E-state index contributed by atoms with van der Waals surface area (Å²) in [6.45, 7) is -0.672. The van der Waals surface area contributed by atoms with Gasteiger partial charge in [-0.05, 0) is 18.9 Å². The molecule has 1 fully saturated rings. The highest BCUT2D eigenvalue weighted by molar-refractivity contribution is 5.00. The molecule has 0 aliphatic carbocycles. The van der Waals surface area contributed by atoms with Crippen LogP contribution in [0.5, 0.6) is 0 Å². The second-order valence-electron chi connectivity index (χ2n) is 3.81. The van der Waals surface area contributed by atoms with Gasteiger partial charge in [0.1, 0.15) is 0 Å². The molecule has 0 amide bonds. The first-order valence-electron chi connectivity index (χ1n) is 5.40. The maximum atomic E-state index is 12.4. The first-order chi connectivity index (χ1) is 7.77. The van der Waals surface area contributed by atoms with Crippen LogP contribution < -0.4 is 5.32 Å². The van der Waals surface area contributed by atoms with Crippen LogP contribution in [0.4, 0.5) is 8.78 Å². The molecule has 0 saturated carbocycles. The number of aromatic nitrogens is 2. The molecule has 1 N–H and O–H groups in total. The van der Waals surface area contributed by atoms with Gasteiger partial charge in [0, 0.05) is 25.9 Å². The summed E-state index contributed by atoms with van der Waals surface area (Å²) in [7, 11) is 0. The van der Waals surface area contributed by atoms with Gasteiger partial charge in [0.15, 0.2) is 0 Å². The Bertz CT molecular complexity index is 324. The largest absolute Gasteiger partial charge is 0.377 e. The van der Waals surface area contributed by atoms with Crippen LogP contribution in [0.3, 0.4) is 0 Å². The molecule has 90 valence electrons. The average molecular weight is 231 g/mol. The standard InChI is InChI=1S/C10H15F2N3O/c11-10(12)15-8(3-4-14-15)6-13-7-9-2-1-5-16-9/h3-4,9-10,13H,1-2,5-7H2/t9-/m0/s1. The average Bonchev–Trinajstić information content (AvgIpc) is 2.87. The molecular weight excluding hydrogens is 216 g/mol. The van der Waals surface area contributed by atoms with Gasteiger partial charge in [-0.25, -0.2) is 4.68 Å². The highest BCUT2D eigenvalue weighted by Gasteiger charge is 2.15. The molecule has 1 aromatic rings. The van der Waals surface area contributed by atoms with Gasteiger partial charge in [-0.3, -0.25) is 0 Å². The Morgan fingerprint density at radius 3 is 3.19 bits per heavy atom. The number of alkyl halides is 2. The maximum Gasteiger partial charge on any atom is 0.333 e. The van der Waals surface area contributed by atoms with Crippen LogP contribution in [-0.4, -0.2) is 29.0 Å². The Kier molecular flexibility index (Phi) is 3.84. The number of halogens is 2. The van der Waals surface area contributed by atoms with E-state index in [4.69, 9.17) is 4.74 Å². The first kappa shape index (κ1) is 11.5. The van der Waals surface area contributed by atoms with Crippen molar-refractivity contribution in [1.29, 1.82) is 0 Å². The molecule has 6 heteroatoms. The summed E-state index contributed by atoms with van der Waals surface area (Å²) in [4.78, 5) is 0. The molecule has 0 spiro atoms. The van der Waals surface area contributed by atoms with Crippen molar-refractivity contribution in [2.24, 2.45) is 0 Å². The van der Waals surface area contributed by atoms with Crippen LogP contribution in [0, 0.1) is 0 Å². The van der Waals surface area contributed by atoms with Crippen molar-refractivity contribution in [3.8, 4) is 0 Å². The fourth-order valence-corrected chi connectivity index (χ4v) is 1.82. The van der Waals surface area contributed by atoms with E-state index in [2.05, 4.69) is 10.4 Å². The van der Waals surface area contributed by atoms with Crippen molar-refractivity contribution < 1.29 is 13.5 Å². The van der Waals surface area contributed by atoms with Crippen LogP contribution in [-0.2, 0) is 11.3 Å². The second-order valence-corrected chi connectivity index (χ2v) is 3.81. The molecule has 16 heavy (non-hydrogen) atoms. The Morgan fingerprint density at radius 1 is 1.62 bits per heavy atom. The van der Waals surface area contributed by atoms with Crippen molar-refractivity contribution >= 4 is 0 Å². The summed E-state index contributed by atoms with van der Waals surface area (Å²) in [6, 6.07) is 1.59. The van der Waals surface area contributed by atoms with Gasteiger partial charge in [0.05, 0.1) is 11.8 Å². The molecule has 0 radical (unpaired) electrons. The normalized spacial score (nSPS) is 20.8. The molecular formula is C10H15F2N3O. The third-order valence-corrected chi connectivity index (χ3v) is 2.64. The lowest BCUT2D eigenvalue weighted by Gasteiger charge is -2.11. The minimum absolute atomic E-state index is 0.225. The van der Waals surface area contributed by atoms with Crippen molar-refractivity contribution in [2.45, 2.75) is 32.0 Å². The van der Waals surface area contributed by atoms with Crippen molar-refractivity contribution in [1.82, 2.24) is 15.1 Å². The Balaban J connectivity index is 1.78. The van der Waals surface area contributed by atoms with E-state index in [0.717, 1.165) is 24.1 Å². The topological polar surface area (TPSA) is 39.1 Å². The molecule has 1 aliphatic heterocycles. The van der Waals surface area contributed by atoms with Crippen molar-refractivity contribution in [3.63, 3.8) is 0 Å². The van der Waals surface area contributed by atoms with Gasteiger partial charge >= 0.3 is 6.55 Å². The summed E-state index contributed by atoms with van der Waals surface area (Å²) < 4.78 is 31.0. The van der Waals surface area contributed by atoms with Crippen molar-refractivity contribution in [2.75, 3.05) is 13.2 Å². The highest BCUT2D eigenvalue weighted by atomic mass is 19.3. The fraction of sp³-hybridized carbons (Fsp3) is 0.700. The molecule has 2 heterocycles. The zero-order valence-corrected chi connectivity index (χ0v) is 8.90. The number of hydrogen-bond donors (Lipinski definition) is 1. The van der Waals surface area contributed by atoms with Gasteiger partial charge in [0.25, 0.3) is 0 Å². The number of nitrogens with one attached hydrogen (secondary N) is 1. The Labute approximate surface area is 92.6 Å². The van der Waals surface area contributed by atoms with Crippen LogP contribution in [0.15, 0.2) is 12.3 Å². The summed E-state index contributed by atoms with van der Waals surface area (Å²) in [5, 5.41) is 6.67. The third-order valence-electron chi connectivity index (χ3n) is 2.64. The van der Waals surface area contributed by atoms with E-state index in [-0.39, 0.29) is 6.10 Å². The van der Waals surface area contributed by atoms with Crippen LogP contribution in [0.25, 0.3) is 0 Å². The number of ether oxygens (including phenoxy) is 1. The van der Waals surface area contributed by atoms with Crippen LogP contribution in [0.1, 0.15) is 25.1 Å². The van der Waals surface area contributed by atoms with Gasteiger partial charge < -0.3 is 10.1 Å². The third kappa shape index (κ3) is 2.76. The molecule has 1 saturated heterocycles. The summed E-state index contributed by atoms with van der Waals surface area (Å²) in [6.07, 6.45) is 3.74. The minimum Gasteiger partial charge on any atom is -0.377 e. The molecule has 0 bridgehead atoms. The second kappa shape index (κ2) is 5.36. The summed E-state index contributed by atoms with van der Waals surface area (Å²) in [5.74, 6) is 0. The SMILES string of the molecule is FC(F)n1nccc1CNC[C@@H]1CCCO1. The van der Waals surface area contributed by atoms with E-state index in [1.54, 1.807) is 6.07 Å². The van der Waals surface area contributed by atoms with E-state index >= 15 is 0 Å². The molecule has 0 aromatic carbocycles. The van der Waals surface area contributed by atoms with Gasteiger partial charge in [-0.2, -0.15) is 13.9 Å². The quantitative estimate of drug-likeness (QED) is 0.835. The van der Waals surface area contributed by atoms with E-state index in [0.29, 0.717) is 18.8 Å². The lowest BCUT2D eigenvalue weighted by Crippen LogP contribution is -2.26. The smallest absolute Gasteiger partial charge is 0.333 e. The van der Waals surface area contributed by atoms with E-state index < -0.39 is 6.55 Å².